The molecule has 0 fully saturated rings. The molecule has 3 nitrogen and oxygen atoms in total. The quantitative estimate of drug-likeness (QED) is 0.361. The molecule has 124 valence electrons. The van der Waals surface area contributed by atoms with E-state index in [2.05, 4.69) is 18.8 Å². The van der Waals surface area contributed by atoms with Crippen LogP contribution in [-0.4, -0.2) is 18.4 Å². The highest BCUT2D eigenvalue weighted by Gasteiger charge is 2.04. The van der Waals surface area contributed by atoms with Crippen LogP contribution >= 0.6 is 0 Å². The Bertz CT molecular complexity index is 523. The molecule has 23 heavy (non-hydrogen) atoms. The molecule has 1 aromatic carbocycles. The SMILES string of the molecule is CCCCCC(=O)CCC#CCCCOC(=O)c1ccccc1. The Morgan fingerprint density at radius 1 is 0.957 bits per heavy atom. The van der Waals surface area contributed by atoms with Gasteiger partial charge >= 0.3 is 5.97 Å². The first-order valence-corrected chi connectivity index (χ1v) is 8.43. The first kappa shape index (κ1) is 19.0. The maximum absolute atomic E-state index is 11.7. The van der Waals surface area contributed by atoms with Crippen molar-refractivity contribution in [2.24, 2.45) is 0 Å². The fraction of sp³-hybridized carbons (Fsp3) is 0.500. The van der Waals surface area contributed by atoms with Crippen molar-refractivity contribution in [3.8, 4) is 11.8 Å². The molecular weight excluding hydrogens is 288 g/mol. The molecule has 0 atom stereocenters. The molecule has 0 aliphatic heterocycles. The zero-order valence-electron chi connectivity index (χ0n) is 14.0. The van der Waals surface area contributed by atoms with Crippen LogP contribution in [0.4, 0.5) is 0 Å². The third kappa shape index (κ3) is 9.52. The highest BCUT2D eigenvalue weighted by molar-refractivity contribution is 5.89. The zero-order valence-corrected chi connectivity index (χ0v) is 14.0. The first-order chi connectivity index (χ1) is 11.2. The molecule has 0 spiro atoms. The van der Waals surface area contributed by atoms with Gasteiger partial charge in [0.15, 0.2) is 0 Å². The van der Waals surface area contributed by atoms with Crippen LogP contribution in [0, 0.1) is 11.8 Å². The summed E-state index contributed by atoms with van der Waals surface area (Å²) in [5.41, 5.74) is 0.570. The Balaban J connectivity index is 2.03. The van der Waals surface area contributed by atoms with E-state index in [-0.39, 0.29) is 5.97 Å². The minimum atomic E-state index is -0.295. The van der Waals surface area contributed by atoms with Crippen LogP contribution in [0.1, 0.15) is 68.6 Å². The number of Topliss-reactive ketones (excluding diaryl/α,β-unsaturated/α-hetero) is 1. The zero-order chi connectivity index (χ0) is 16.8. The first-order valence-electron chi connectivity index (χ1n) is 8.43. The number of ketones is 1. The predicted molar refractivity (Wildman–Crippen MR) is 92.1 cm³/mol. The number of benzene rings is 1. The summed E-state index contributed by atoms with van der Waals surface area (Å²) in [4.78, 5) is 23.2. The minimum Gasteiger partial charge on any atom is -0.462 e. The molecule has 1 rings (SSSR count). The standard InChI is InChI=1S/C20H26O3/c1-2-3-8-15-19(21)16-11-5-4-6-12-17-23-20(22)18-13-9-7-10-14-18/h7,9-10,13-14H,2-3,6,8,11-12,15-17H2,1H3. The van der Waals surface area contributed by atoms with E-state index in [0.29, 0.717) is 43.6 Å². The van der Waals surface area contributed by atoms with Gasteiger partial charge in [0.25, 0.3) is 0 Å². The smallest absolute Gasteiger partial charge is 0.338 e. The van der Waals surface area contributed by atoms with E-state index in [4.69, 9.17) is 4.74 Å². The highest BCUT2D eigenvalue weighted by Crippen LogP contribution is 2.04. The summed E-state index contributed by atoms with van der Waals surface area (Å²) < 4.78 is 5.17. The molecule has 3 heteroatoms. The molecule has 0 aliphatic carbocycles. The summed E-state index contributed by atoms with van der Waals surface area (Å²) in [6.45, 7) is 2.51. The normalized spacial score (nSPS) is 9.78. The van der Waals surface area contributed by atoms with Crippen molar-refractivity contribution < 1.29 is 14.3 Å². The van der Waals surface area contributed by atoms with E-state index in [1.54, 1.807) is 12.1 Å². The largest absolute Gasteiger partial charge is 0.462 e. The number of carbonyl (C=O) groups excluding carboxylic acids is 2. The van der Waals surface area contributed by atoms with Crippen LogP contribution in [0.2, 0.25) is 0 Å². The molecule has 1 aromatic rings. The van der Waals surface area contributed by atoms with Gasteiger partial charge < -0.3 is 4.74 Å². The van der Waals surface area contributed by atoms with Gasteiger partial charge in [-0.3, -0.25) is 4.79 Å². The van der Waals surface area contributed by atoms with Crippen molar-refractivity contribution in [3.05, 3.63) is 35.9 Å². The molecular formula is C20H26O3. The van der Waals surface area contributed by atoms with Crippen LogP contribution in [0.15, 0.2) is 30.3 Å². The maximum atomic E-state index is 11.7. The molecule has 0 N–H and O–H groups in total. The second-order valence-electron chi connectivity index (χ2n) is 5.45. The third-order valence-corrected chi connectivity index (χ3v) is 3.40. The van der Waals surface area contributed by atoms with Crippen molar-refractivity contribution in [2.45, 2.75) is 58.3 Å². The Kier molecular flexibility index (Phi) is 10.3. The molecule has 0 bridgehead atoms. The average molecular weight is 314 g/mol. The molecule has 0 aromatic heterocycles. The molecule has 0 amide bonds. The van der Waals surface area contributed by atoms with E-state index < -0.39 is 0 Å². The second-order valence-corrected chi connectivity index (χ2v) is 5.45. The van der Waals surface area contributed by atoms with Crippen molar-refractivity contribution in [3.63, 3.8) is 0 Å². The van der Waals surface area contributed by atoms with Crippen LogP contribution in [0.25, 0.3) is 0 Å². The van der Waals surface area contributed by atoms with Gasteiger partial charge in [-0.2, -0.15) is 0 Å². The summed E-state index contributed by atoms with van der Waals surface area (Å²) in [5, 5.41) is 0. The van der Waals surface area contributed by atoms with Crippen LogP contribution in [-0.2, 0) is 9.53 Å². The van der Waals surface area contributed by atoms with Crippen molar-refractivity contribution >= 4 is 11.8 Å². The molecule has 0 unspecified atom stereocenters. The fourth-order valence-corrected chi connectivity index (χ4v) is 2.06. The lowest BCUT2D eigenvalue weighted by atomic mass is 10.1. The van der Waals surface area contributed by atoms with Gasteiger partial charge in [-0.15, -0.1) is 11.8 Å². The summed E-state index contributed by atoms with van der Waals surface area (Å²) >= 11 is 0. The summed E-state index contributed by atoms with van der Waals surface area (Å²) in [6.07, 6.45) is 6.54. The van der Waals surface area contributed by atoms with E-state index >= 15 is 0 Å². The fourth-order valence-electron chi connectivity index (χ4n) is 2.06. The third-order valence-electron chi connectivity index (χ3n) is 3.40. The average Bonchev–Trinajstić information content (AvgIpc) is 2.58. The molecule has 0 radical (unpaired) electrons. The lowest BCUT2D eigenvalue weighted by Gasteiger charge is -2.02. The maximum Gasteiger partial charge on any atom is 0.338 e. The van der Waals surface area contributed by atoms with Gasteiger partial charge in [-0.1, -0.05) is 38.0 Å². The Hall–Kier alpha value is -2.08. The van der Waals surface area contributed by atoms with Crippen molar-refractivity contribution in [1.82, 2.24) is 0 Å². The number of hydrogen-bond acceptors (Lipinski definition) is 3. The number of hydrogen-bond donors (Lipinski definition) is 0. The monoisotopic (exact) mass is 314 g/mol. The van der Waals surface area contributed by atoms with E-state index in [0.717, 1.165) is 25.7 Å². The molecule has 0 saturated carbocycles. The molecule has 0 heterocycles. The van der Waals surface area contributed by atoms with E-state index in [9.17, 15) is 9.59 Å². The second kappa shape index (κ2) is 12.5. The summed E-state index contributed by atoms with van der Waals surface area (Å²) in [5.74, 6) is 6.06. The van der Waals surface area contributed by atoms with Gasteiger partial charge in [-0.05, 0) is 25.0 Å². The number of carbonyl (C=O) groups is 2. The van der Waals surface area contributed by atoms with Crippen molar-refractivity contribution in [2.75, 3.05) is 6.61 Å². The van der Waals surface area contributed by atoms with Crippen LogP contribution in [0.3, 0.4) is 0 Å². The lowest BCUT2D eigenvalue weighted by Crippen LogP contribution is -2.05. The van der Waals surface area contributed by atoms with E-state index in [1.807, 2.05) is 18.2 Å². The van der Waals surface area contributed by atoms with Crippen molar-refractivity contribution in [1.29, 1.82) is 0 Å². The molecule has 0 aliphatic rings. The van der Waals surface area contributed by atoms with Gasteiger partial charge in [0, 0.05) is 25.7 Å². The van der Waals surface area contributed by atoms with Gasteiger partial charge in [0.1, 0.15) is 5.78 Å². The Morgan fingerprint density at radius 3 is 2.43 bits per heavy atom. The number of rotatable bonds is 10. The molecule has 0 saturated heterocycles. The lowest BCUT2D eigenvalue weighted by molar-refractivity contribution is -0.119. The van der Waals surface area contributed by atoms with Gasteiger partial charge in [0.05, 0.1) is 12.2 Å². The van der Waals surface area contributed by atoms with E-state index in [1.165, 1.54) is 0 Å². The topological polar surface area (TPSA) is 43.4 Å². The van der Waals surface area contributed by atoms with Crippen LogP contribution < -0.4 is 0 Å². The number of unbranched alkanes of at least 4 members (excludes halogenated alkanes) is 3. The summed E-state index contributed by atoms with van der Waals surface area (Å²) in [6, 6.07) is 8.96. The highest BCUT2D eigenvalue weighted by atomic mass is 16.5. The Labute approximate surface area is 139 Å². The van der Waals surface area contributed by atoms with Gasteiger partial charge in [0.2, 0.25) is 0 Å². The minimum absolute atomic E-state index is 0.295. The predicted octanol–water partition coefficient (Wildman–Crippen LogP) is 4.56. The van der Waals surface area contributed by atoms with Gasteiger partial charge in [-0.25, -0.2) is 4.79 Å². The Morgan fingerprint density at radius 2 is 1.70 bits per heavy atom. The number of esters is 1. The number of ether oxygens (including phenoxy) is 1. The summed E-state index contributed by atoms with van der Waals surface area (Å²) in [7, 11) is 0. The van der Waals surface area contributed by atoms with Crippen LogP contribution in [0.5, 0.6) is 0 Å².